The molecule has 0 spiro atoms. The van der Waals surface area contributed by atoms with Crippen LogP contribution in [0.15, 0.2) is 121 Å². The smallest absolute Gasteiger partial charge is 0.226 e. The molecule has 6 aromatic rings. The van der Waals surface area contributed by atoms with Crippen LogP contribution in [0.1, 0.15) is 44.9 Å². The van der Waals surface area contributed by atoms with Crippen LogP contribution in [0.25, 0.3) is 43.4 Å². The van der Waals surface area contributed by atoms with E-state index in [1.165, 1.54) is 22.7 Å². The molecular formula is C39H36N4O2S2. The van der Waals surface area contributed by atoms with Gasteiger partial charge in [0.25, 0.3) is 0 Å². The molecule has 0 radical (unpaired) electrons. The van der Waals surface area contributed by atoms with Crippen LogP contribution in [-0.4, -0.2) is 21.8 Å². The Hall–Kier alpha value is -4.92. The zero-order valence-electron chi connectivity index (χ0n) is 26.0. The van der Waals surface area contributed by atoms with Crippen LogP contribution < -0.4 is 10.6 Å². The molecule has 8 heteroatoms. The summed E-state index contributed by atoms with van der Waals surface area (Å²) in [6.07, 6.45) is 5.32. The molecule has 236 valence electrons. The van der Waals surface area contributed by atoms with Crippen LogP contribution in [0.4, 0.5) is 10.3 Å². The van der Waals surface area contributed by atoms with Gasteiger partial charge in [-0.2, -0.15) is 0 Å². The van der Waals surface area contributed by atoms with Gasteiger partial charge in [0.2, 0.25) is 11.8 Å². The molecule has 6 nitrogen and oxygen atoms in total. The second-order valence-electron chi connectivity index (χ2n) is 11.2. The number of nitrogens with zero attached hydrogens (tertiary/aromatic N) is 2. The second-order valence-corrected chi connectivity index (χ2v) is 13.2. The molecule has 0 saturated carbocycles. The van der Waals surface area contributed by atoms with Gasteiger partial charge in [0.1, 0.15) is 0 Å². The minimum Gasteiger partial charge on any atom is -0.302 e. The van der Waals surface area contributed by atoms with Gasteiger partial charge in [0, 0.05) is 24.0 Å². The lowest BCUT2D eigenvalue weighted by atomic mass is 10.1. The highest BCUT2D eigenvalue weighted by Gasteiger charge is 2.18. The van der Waals surface area contributed by atoms with E-state index < -0.39 is 0 Å². The van der Waals surface area contributed by atoms with E-state index in [0.717, 1.165) is 75.5 Å². The summed E-state index contributed by atoms with van der Waals surface area (Å²) in [5.74, 6) is -0.0453. The Morgan fingerprint density at radius 1 is 0.447 bits per heavy atom. The van der Waals surface area contributed by atoms with Crippen molar-refractivity contribution in [3.63, 3.8) is 0 Å². The Morgan fingerprint density at radius 3 is 1.13 bits per heavy atom. The molecule has 0 aliphatic carbocycles. The molecule has 2 heterocycles. The first-order valence-electron chi connectivity index (χ1n) is 16.0. The first kappa shape index (κ1) is 32.0. The molecule has 2 amide bonds. The number of nitrogens with one attached hydrogen (secondary N) is 2. The average Bonchev–Trinajstić information content (AvgIpc) is 3.74. The summed E-state index contributed by atoms with van der Waals surface area (Å²) in [5, 5.41) is 7.27. The normalized spacial score (nSPS) is 10.9. The molecule has 0 bridgehead atoms. The number of unbranched alkanes of at least 4 members (excludes halogenated alkanes) is 4. The van der Waals surface area contributed by atoms with Crippen molar-refractivity contribution in [2.45, 2.75) is 44.9 Å². The van der Waals surface area contributed by atoms with E-state index in [9.17, 15) is 9.59 Å². The van der Waals surface area contributed by atoms with Gasteiger partial charge in [-0.3, -0.25) is 9.59 Å². The van der Waals surface area contributed by atoms with Crippen LogP contribution >= 0.6 is 22.7 Å². The fourth-order valence-corrected chi connectivity index (χ4v) is 7.38. The third-order valence-corrected chi connectivity index (χ3v) is 9.76. The summed E-state index contributed by atoms with van der Waals surface area (Å²) in [6.45, 7) is 0. The van der Waals surface area contributed by atoms with Crippen LogP contribution in [0.5, 0.6) is 0 Å². The van der Waals surface area contributed by atoms with E-state index in [0.29, 0.717) is 23.1 Å². The third-order valence-electron chi connectivity index (χ3n) is 7.72. The number of aromatic nitrogens is 2. The van der Waals surface area contributed by atoms with Gasteiger partial charge in [-0.05, 0) is 24.0 Å². The fourth-order valence-electron chi connectivity index (χ4n) is 5.37. The highest BCUT2D eigenvalue weighted by molar-refractivity contribution is 7.20. The van der Waals surface area contributed by atoms with Gasteiger partial charge in [0.05, 0.1) is 21.1 Å². The molecule has 0 fully saturated rings. The van der Waals surface area contributed by atoms with Crippen molar-refractivity contribution in [2.24, 2.45) is 0 Å². The standard InChI is InChI=1S/C39H36N4O2S2/c44-32(40-38-42-34(28-18-8-4-9-19-28)36(46-38)30-22-12-6-13-23-30)26-16-2-1-3-17-27-33(45)41-39-43-35(29-20-10-5-11-21-29)37(47-39)31-24-14-7-15-25-31/h4-15,18-25H,1-3,16-17,26-27H2,(H,40,42,44)(H,41,43,45). The van der Waals surface area contributed by atoms with Gasteiger partial charge in [-0.25, -0.2) is 9.97 Å². The van der Waals surface area contributed by atoms with E-state index in [1.807, 2.05) is 97.1 Å². The summed E-state index contributed by atoms with van der Waals surface area (Å²) in [4.78, 5) is 37.2. The number of hydrogen-bond donors (Lipinski definition) is 2. The Morgan fingerprint density at radius 2 is 0.766 bits per heavy atom. The number of thiazole rings is 2. The summed E-state index contributed by atoms with van der Waals surface area (Å²) in [5.41, 5.74) is 5.97. The minimum atomic E-state index is -0.0226. The van der Waals surface area contributed by atoms with Crippen molar-refractivity contribution >= 4 is 44.8 Å². The molecule has 47 heavy (non-hydrogen) atoms. The van der Waals surface area contributed by atoms with E-state index in [2.05, 4.69) is 34.9 Å². The van der Waals surface area contributed by atoms with Crippen molar-refractivity contribution < 1.29 is 9.59 Å². The van der Waals surface area contributed by atoms with Gasteiger partial charge in [-0.1, -0.05) is 163 Å². The Bertz CT molecular complexity index is 1640. The van der Waals surface area contributed by atoms with Gasteiger partial charge < -0.3 is 10.6 Å². The largest absolute Gasteiger partial charge is 0.302 e. The Labute approximate surface area is 283 Å². The lowest BCUT2D eigenvalue weighted by molar-refractivity contribution is -0.117. The van der Waals surface area contributed by atoms with Crippen LogP contribution in [0, 0.1) is 0 Å². The molecule has 0 atom stereocenters. The minimum absolute atomic E-state index is 0.0226. The van der Waals surface area contributed by atoms with Crippen LogP contribution in [-0.2, 0) is 9.59 Å². The zero-order chi connectivity index (χ0) is 32.3. The molecular weight excluding hydrogens is 621 g/mol. The van der Waals surface area contributed by atoms with Gasteiger partial charge in [-0.15, -0.1) is 0 Å². The van der Waals surface area contributed by atoms with Crippen molar-refractivity contribution in [1.29, 1.82) is 0 Å². The highest BCUT2D eigenvalue weighted by atomic mass is 32.1. The molecule has 4 aromatic carbocycles. The predicted octanol–water partition coefficient (Wildman–Crippen LogP) is 10.6. The number of benzene rings is 4. The molecule has 0 unspecified atom stereocenters. The van der Waals surface area contributed by atoms with E-state index in [-0.39, 0.29) is 11.8 Å². The van der Waals surface area contributed by atoms with Crippen LogP contribution in [0.3, 0.4) is 0 Å². The van der Waals surface area contributed by atoms with Crippen molar-refractivity contribution in [3.05, 3.63) is 121 Å². The maximum absolute atomic E-state index is 12.8. The average molecular weight is 657 g/mol. The quantitative estimate of drug-likeness (QED) is 0.114. The number of rotatable bonds is 14. The van der Waals surface area contributed by atoms with E-state index >= 15 is 0 Å². The number of anilines is 2. The van der Waals surface area contributed by atoms with Gasteiger partial charge in [0.15, 0.2) is 10.3 Å². The molecule has 2 N–H and O–H groups in total. The van der Waals surface area contributed by atoms with Crippen molar-refractivity contribution in [3.8, 4) is 43.4 Å². The van der Waals surface area contributed by atoms with Crippen molar-refractivity contribution in [2.75, 3.05) is 10.6 Å². The SMILES string of the molecule is O=C(CCCCCCCC(=O)Nc1nc(-c2ccccc2)c(-c2ccccc2)s1)Nc1nc(-c2ccccc2)c(-c2ccccc2)s1. The molecule has 0 aliphatic heterocycles. The lowest BCUT2D eigenvalue weighted by Crippen LogP contribution is -2.11. The summed E-state index contributed by atoms with van der Waals surface area (Å²) in [7, 11) is 0. The van der Waals surface area contributed by atoms with Gasteiger partial charge >= 0.3 is 0 Å². The van der Waals surface area contributed by atoms with E-state index in [1.54, 1.807) is 0 Å². The number of amides is 2. The van der Waals surface area contributed by atoms with Crippen LogP contribution in [0.2, 0.25) is 0 Å². The Kier molecular flexibility index (Phi) is 11.0. The fraction of sp³-hybridized carbons (Fsp3) is 0.179. The predicted molar refractivity (Wildman–Crippen MR) is 196 cm³/mol. The topological polar surface area (TPSA) is 84.0 Å². The van der Waals surface area contributed by atoms with Crippen molar-refractivity contribution in [1.82, 2.24) is 9.97 Å². The first-order valence-corrected chi connectivity index (χ1v) is 17.6. The molecule has 0 aliphatic rings. The molecule has 2 aromatic heterocycles. The molecule has 6 rings (SSSR count). The number of carbonyl (C=O) groups excluding carboxylic acids is 2. The summed E-state index contributed by atoms with van der Waals surface area (Å²) < 4.78 is 0. The summed E-state index contributed by atoms with van der Waals surface area (Å²) >= 11 is 3.01. The number of carbonyl (C=O) groups is 2. The maximum atomic E-state index is 12.8. The second kappa shape index (κ2) is 16.1. The summed E-state index contributed by atoms with van der Waals surface area (Å²) in [6, 6.07) is 40.4. The molecule has 0 saturated heterocycles. The maximum Gasteiger partial charge on any atom is 0.226 e. The van der Waals surface area contributed by atoms with E-state index in [4.69, 9.17) is 9.97 Å². The monoisotopic (exact) mass is 656 g/mol. The zero-order valence-corrected chi connectivity index (χ0v) is 27.7. The first-order chi connectivity index (χ1) is 23.1. The third kappa shape index (κ3) is 8.67. The Balaban J connectivity index is 0.940. The lowest BCUT2D eigenvalue weighted by Gasteiger charge is -2.03. The number of hydrogen-bond acceptors (Lipinski definition) is 6. The highest BCUT2D eigenvalue weighted by Crippen LogP contribution is 2.40.